The quantitative estimate of drug-likeness (QED) is 0.343. The number of carbonyl (C=O) groups excluding carboxylic acids is 2. The highest BCUT2D eigenvalue weighted by atomic mass is 19.4. The number of ether oxygens (including phenoxy) is 1. The number of rotatable bonds is 5. The minimum atomic E-state index is -4.50. The lowest BCUT2D eigenvalue weighted by Gasteiger charge is -2.28. The molecule has 1 aliphatic carbocycles. The van der Waals surface area contributed by atoms with Crippen LogP contribution in [0.5, 0.6) is 0 Å². The van der Waals surface area contributed by atoms with Crippen LogP contribution < -0.4 is 16.4 Å². The van der Waals surface area contributed by atoms with Gasteiger partial charge in [0, 0.05) is 36.1 Å². The van der Waals surface area contributed by atoms with Crippen molar-refractivity contribution < 1.29 is 27.5 Å². The van der Waals surface area contributed by atoms with Crippen molar-refractivity contribution >= 4 is 28.5 Å². The number of halogens is 3. The molecule has 1 aromatic carbocycles. The average molecular weight is 526 g/mol. The van der Waals surface area contributed by atoms with E-state index in [1.54, 1.807) is 18.3 Å². The second-order valence-electron chi connectivity index (χ2n) is 8.96. The highest BCUT2D eigenvalue weighted by Gasteiger charge is 2.30. The van der Waals surface area contributed by atoms with Crippen LogP contribution in [0.4, 0.5) is 18.9 Å². The van der Waals surface area contributed by atoms with E-state index in [0.717, 1.165) is 37.8 Å². The Balaban J connectivity index is 1.72. The van der Waals surface area contributed by atoms with Crippen LogP contribution in [0.2, 0.25) is 0 Å². The first-order chi connectivity index (χ1) is 18.2. The summed E-state index contributed by atoms with van der Waals surface area (Å²) in [6.45, 7) is -0.161. The van der Waals surface area contributed by atoms with Gasteiger partial charge in [0.05, 0.1) is 23.9 Å². The second-order valence-corrected chi connectivity index (χ2v) is 8.96. The number of nitrogens with two attached hydrogens (primary N) is 1. The monoisotopic (exact) mass is 525 g/mol. The van der Waals surface area contributed by atoms with E-state index < -0.39 is 23.6 Å². The number of hydrogen-bond donors (Lipinski definition) is 3. The number of hydrogen-bond acceptors (Lipinski definition) is 7. The van der Waals surface area contributed by atoms with Gasteiger partial charge in [0.15, 0.2) is 5.69 Å². The summed E-state index contributed by atoms with van der Waals surface area (Å²) in [5.74, 6) is 3.55. The van der Waals surface area contributed by atoms with E-state index >= 15 is 0 Å². The largest absolute Gasteiger partial charge is 0.459 e. The molecular weight excluding hydrogens is 499 g/mol. The molecule has 0 radical (unpaired) electrons. The van der Waals surface area contributed by atoms with Crippen molar-refractivity contribution in [1.82, 2.24) is 15.3 Å². The molecule has 1 saturated carbocycles. The molecule has 11 heteroatoms. The number of pyridine rings is 2. The Morgan fingerprint density at radius 1 is 1.16 bits per heavy atom. The van der Waals surface area contributed by atoms with Crippen LogP contribution in [0.1, 0.15) is 53.0 Å². The predicted molar refractivity (Wildman–Crippen MR) is 135 cm³/mol. The van der Waals surface area contributed by atoms with Crippen LogP contribution in [-0.4, -0.2) is 41.0 Å². The van der Waals surface area contributed by atoms with Gasteiger partial charge in [-0.1, -0.05) is 12.1 Å². The minimum absolute atomic E-state index is 0.0174. The normalized spacial score (nSPS) is 17.3. The summed E-state index contributed by atoms with van der Waals surface area (Å²) in [6.07, 6.45) is 0.256. The number of esters is 1. The highest BCUT2D eigenvalue weighted by molar-refractivity contribution is 6.06. The maximum atomic E-state index is 13.4. The third-order valence-electron chi connectivity index (χ3n) is 6.27. The number of aromatic nitrogens is 2. The molecule has 2 aromatic heterocycles. The standard InChI is InChI=1S/C27H26F3N5O3/c1-38-22(36)12-11-21-20-6-3-13-32-23(20)24(34-19-9-7-18(31)8-10-19)25(35-21)26(37)33-15-16-4-2-5-17(14-16)27(28,29)30/h2-6,13-14,18-19,34H,7-10,15,31H2,1H3,(H,33,37). The number of amides is 1. The number of alkyl halides is 3. The lowest BCUT2D eigenvalue weighted by molar-refractivity contribution is -0.137. The predicted octanol–water partition coefficient (Wildman–Crippen LogP) is 3.78. The first-order valence-electron chi connectivity index (χ1n) is 12.0. The number of benzene rings is 1. The van der Waals surface area contributed by atoms with Crippen molar-refractivity contribution in [1.29, 1.82) is 0 Å². The molecule has 0 bridgehead atoms. The maximum Gasteiger partial charge on any atom is 0.416 e. The molecule has 38 heavy (non-hydrogen) atoms. The van der Waals surface area contributed by atoms with Gasteiger partial charge in [-0.25, -0.2) is 9.78 Å². The van der Waals surface area contributed by atoms with Gasteiger partial charge in [0.1, 0.15) is 5.69 Å². The summed E-state index contributed by atoms with van der Waals surface area (Å²) in [7, 11) is 1.19. The molecule has 1 fully saturated rings. The van der Waals surface area contributed by atoms with Gasteiger partial charge in [0.2, 0.25) is 0 Å². The molecule has 4 N–H and O–H groups in total. The van der Waals surface area contributed by atoms with Gasteiger partial charge in [-0.3, -0.25) is 9.78 Å². The molecule has 3 aromatic rings. The summed E-state index contributed by atoms with van der Waals surface area (Å²) < 4.78 is 43.9. The van der Waals surface area contributed by atoms with E-state index in [2.05, 4.69) is 37.2 Å². The number of fused-ring (bicyclic) bond motifs is 1. The smallest absolute Gasteiger partial charge is 0.416 e. The fourth-order valence-electron chi connectivity index (χ4n) is 4.28. The molecule has 1 amide bonds. The van der Waals surface area contributed by atoms with Crippen molar-refractivity contribution in [2.75, 3.05) is 12.4 Å². The molecule has 0 saturated heterocycles. The van der Waals surface area contributed by atoms with Crippen molar-refractivity contribution in [3.05, 3.63) is 65.1 Å². The SMILES string of the molecule is COC(=O)C#Cc1nc(C(=O)NCc2cccc(C(F)(F)F)c2)c(NC2CCC(N)CC2)c2ncccc12. The van der Waals surface area contributed by atoms with Crippen molar-refractivity contribution in [3.63, 3.8) is 0 Å². The van der Waals surface area contributed by atoms with E-state index in [0.29, 0.717) is 16.6 Å². The minimum Gasteiger partial charge on any atom is -0.459 e. The van der Waals surface area contributed by atoms with Crippen molar-refractivity contribution in [2.24, 2.45) is 5.73 Å². The lowest BCUT2D eigenvalue weighted by atomic mass is 9.91. The zero-order chi connectivity index (χ0) is 27.3. The fraction of sp³-hybridized carbons (Fsp3) is 0.333. The molecular formula is C27H26F3N5O3. The molecule has 198 valence electrons. The second kappa shape index (κ2) is 11.5. The number of anilines is 1. The van der Waals surface area contributed by atoms with E-state index in [-0.39, 0.29) is 35.6 Å². The summed E-state index contributed by atoms with van der Waals surface area (Å²) in [6, 6.07) is 8.26. The van der Waals surface area contributed by atoms with Crippen LogP contribution in [0.3, 0.4) is 0 Å². The summed E-state index contributed by atoms with van der Waals surface area (Å²) in [5.41, 5.74) is 6.41. The van der Waals surface area contributed by atoms with Gasteiger partial charge in [-0.15, -0.1) is 0 Å². The van der Waals surface area contributed by atoms with Gasteiger partial charge in [0.25, 0.3) is 5.91 Å². The number of nitrogens with zero attached hydrogens (tertiary/aromatic N) is 2. The zero-order valence-corrected chi connectivity index (χ0v) is 20.6. The Bertz CT molecular complexity index is 1410. The third-order valence-corrected chi connectivity index (χ3v) is 6.27. The topological polar surface area (TPSA) is 119 Å². The van der Waals surface area contributed by atoms with Crippen LogP contribution >= 0.6 is 0 Å². The Labute approximate surface area is 217 Å². The number of carbonyl (C=O) groups is 2. The molecule has 1 aliphatic rings. The maximum absolute atomic E-state index is 13.4. The van der Waals surface area contributed by atoms with Crippen molar-refractivity contribution in [2.45, 2.75) is 50.5 Å². The summed E-state index contributed by atoms with van der Waals surface area (Å²) in [4.78, 5) is 33.9. The molecule has 2 heterocycles. The van der Waals surface area contributed by atoms with Gasteiger partial charge in [-0.05, 0) is 61.4 Å². The number of nitrogens with one attached hydrogen (secondary N) is 2. The molecule has 8 nitrogen and oxygen atoms in total. The van der Waals surface area contributed by atoms with Gasteiger partial charge < -0.3 is 21.1 Å². The van der Waals surface area contributed by atoms with Crippen LogP contribution in [0.15, 0.2) is 42.6 Å². The first-order valence-corrected chi connectivity index (χ1v) is 12.0. The van der Waals surface area contributed by atoms with E-state index in [1.165, 1.54) is 19.2 Å². The first kappa shape index (κ1) is 26.9. The molecule has 0 spiro atoms. The third kappa shape index (κ3) is 6.39. The molecule has 0 atom stereocenters. The molecule has 4 rings (SSSR count). The Kier molecular flexibility index (Phi) is 8.12. The summed E-state index contributed by atoms with van der Waals surface area (Å²) in [5, 5.41) is 6.57. The van der Waals surface area contributed by atoms with Crippen LogP contribution in [0, 0.1) is 11.8 Å². The van der Waals surface area contributed by atoms with Crippen LogP contribution in [-0.2, 0) is 22.3 Å². The van der Waals surface area contributed by atoms with E-state index in [4.69, 9.17) is 5.73 Å². The van der Waals surface area contributed by atoms with Gasteiger partial charge >= 0.3 is 12.1 Å². The lowest BCUT2D eigenvalue weighted by Crippen LogP contribution is -2.34. The Morgan fingerprint density at radius 2 is 1.92 bits per heavy atom. The van der Waals surface area contributed by atoms with E-state index in [9.17, 15) is 22.8 Å². The van der Waals surface area contributed by atoms with Gasteiger partial charge in [-0.2, -0.15) is 13.2 Å². The molecule has 0 aliphatic heterocycles. The Hall–Kier alpha value is -4.17. The summed E-state index contributed by atoms with van der Waals surface area (Å²) >= 11 is 0. The zero-order valence-electron chi connectivity index (χ0n) is 20.6. The molecule has 0 unspecified atom stereocenters. The number of methoxy groups -OCH3 is 1. The van der Waals surface area contributed by atoms with Crippen molar-refractivity contribution in [3.8, 4) is 11.8 Å². The fourth-order valence-corrected chi connectivity index (χ4v) is 4.28. The average Bonchev–Trinajstić information content (AvgIpc) is 2.91. The highest BCUT2D eigenvalue weighted by Crippen LogP contribution is 2.31. The van der Waals surface area contributed by atoms with Crippen LogP contribution in [0.25, 0.3) is 10.9 Å². The van der Waals surface area contributed by atoms with E-state index in [1.807, 2.05) is 0 Å². The Morgan fingerprint density at radius 3 is 2.63 bits per heavy atom.